The minimum atomic E-state index is -1.04. The molecule has 1 heterocycles. The van der Waals surface area contributed by atoms with Gasteiger partial charge in [-0.1, -0.05) is 6.92 Å². The minimum Gasteiger partial charge on any atom is -0.480 e. The molecule has 1 N–H and O–H groups in total. The zero-order valence-corrected chi connectivity index (χ0v) is 9.35. The van der Waals surface area contributed by atoms with Crippen LogP contribution in [0.2, 0.25) is 0 Å². The molecule has 1 unspecified atom stereocenters. The lowest BCUT2D eigenvalue weighted by Crippen LogP contribution is -2.53. The molecule has 0 spiro atoms. The van der Waals surface area contributed by atoms with Crippen LogP contribution >= 0.6 is 0 Å². The smallest absolute Gasteiger partial charge is 0.328 e. The van der Waals surface area contributed by atoms with Gasteiger partial charge in [0, 0.05) is 13.2 Å². The number of carbonyl (C=O) groups is 2. The highest BCUT2D eigenvalue weighted by Gasteiger charge is 2.32. The van der Waals surface area contributed by atoms with Crippen LogP contribution in [-0.4, -0.2) is 60.9 Å². The average molecular weight is 231 g/mol. The number of hydrogen-bond acceptors (Lipinski definition) is 4. The summed E-state index contributed by atoms with van der Waals surface area (Å²) in [5, 5.41) is 8.91. The topological polar surface area (TPSA) is 76.1 Å². The summed E-state index contributed by atoms with van der Waals surface area (Å²) in [4.78, 5) is 23.9. The molecule has 1 rings (SSSR count). The Morgan fingerprint density at radius 3 is 2.94 bits per heavy atom. The van der Waals surface area contributed by atoms with Crippen molar-refractivity contribution in [2.75, 3.05) is 33.0 Å². The van der Waals surface area contributed by atoms with Gasteiger partial charge in [-0.3, -0.25) is 4.79 Å². The quantitative estimate of drug-likeness (QED) is 0.659. The van der Waals surface area contributed by atoms with Gasteiger partial charge in [0.05, 0.1) is 13.2 Å². The number of carboxylic acid groups (broad SMARTS) is 1. The van der Waals surface area contributed by atoms with Crippen molar-refractivity contribution < 1.29 is 24.2 Å². The fraction of sp³-hybridized carbons (Fsp3) is 0.800. The summed E-state index contributed by atoms with van der Waals surface area (Å²) in [5.41, 5.74) is 0. The summed E-state index contributed by atoms with van der Waals surface area (Å²) < 4.78 is 10.1. The summed E-state index contributed by atoms with van der Waals surface area (Å²) in [6, 6.07) is -0.883. The molecule has 0 radical (unpaired) electrons. The van der Waals surface area contributed by atoms with Crippen LogP contribution in [0.25, 0.3) is 0 Å². The van der Waals surface area contributed by atoms with Gasteiger partial charge in [0.25, 0.3) is 0 Å². The average Bonchev–Trinajstić information content (AvgIpc) is 2.29. The van der Waals surface area contributed by atoms with E-state index in [0.717, 1.165) is 6.42 Å². The van der Waals surface area contributed by atoms with E-state index in [-0.39, 0.29) is 19.1 Å². The van der Waals surface area contributed by atoms with Crippen LogP contribution < -0.4 is 0 Å². The number of rotatable bonds is 5. The van der Waals surface area contributed by atoms with Gasteiger partial charge in [-0.2, -0.15) is 0 Å². The first-order valence-electron chi connectivity index (χ1n) is 5.34. The van der Waals surface area contributed by atoms with E-state index in [4.69, 9.17) is 14.6 Å². The Balaban J connectivity index is 2.47. The maximum atomic E-state index is 11.7. The number of amides is 1. The lowest BCUT2D eigenvalue weighted by atomic mass is 10.2. The van der Waals surface area contributed by atoms with Crippen LogP contribution in [0.15, 0.2) is 0 Å². The Morgan fingerprint density at radius 1 is 1.56 bits per heavy atom. The van der Waals surface area contributed by atoms with Crippen LogP contribution in [0.4, 0.5) is 0 Å². The normalized spacial score (nSPS) is 20.8. The van der Waals surface area contributed by atoms with Gasteiger partial charge in [0.1, 0.15) is 6.61 Å². The van der Waals surface area contributed by atoms with Crippen LogP contribution in [0, 0.1) is 0 Å². The molecule has 0 aromatic carbocycles. The standard InChI is InChI=1S/C10H17NO5/c1-2-4-15-7-9(12)11-3-5-16-6-8(11)10(13)14/h8H,2-7H2,1H3,(H,13,14). The lowest BCUT2D eigenvalue weighted by Gasteiger charge is -2.32. The largest absolute Gasteiger partial charge is 0.480 e. The van der Waals surface area contributed by atoms with Crippen LogP contribution in [0.5, 0.6) is 0 Å². The molecule has 0 aliphatic carbocycles. The number of ether oxygens (including phenoxy) is 2. The van der Waals surface area contributed by atoms with Crippen molar-refractivity contribution in [2.24, 2.45) is 0 Å². The molecule has 92 valence electrons. The Kier molecular flexibility index (Phi) is 5.21. The molecule has 1 aliphatic heterocycles. The van der Waals surface area contributed by atoms with Crippen molar-refractivity contribution in [1.82, 2.24) is 4.90 Å². The van der Waals surface area contributed by atoms with Crippen molar-refractivity contribution in [3.8, 4) is 0 Å². The van der Waals surface area contributed by atoms with Crippen molar-refractivity contribution in [1.29, 1.82) is 0 Å². The van der Waals surface area contributed by atoms with E-state index in [1.165, 1.54) is 4.90 Å². The zero-order valence-electron chi connectivity index (χ0n) is 9.35. The maximum Gasteiger partial charge on any atom is 0.328 e. The summed E-state index contributed by atoms with van der Waals surface area (Å²) in [5.74, 6) is -1.33. The van der Waals surface area contributed by atoms with Gasteiger partial charge in [-0.05, 0) is 6.42 Å². The number of aliphatic carboxylic acids is 1. The van der Waals surface area contributed by atoms with E-state index in [2.05, 4.69) is 0 Å². The summed E-state index contributed by atoms with van der Waals surface area (Å²) in [6.45, 7) is 3.13. The molecule has 0 saturated carbocycles. The predicted molar refractivity (Wildman–Crippen MR) is 55.1 cm³/mol. The van der Waals surface area contributed by atoms with Crippen molar-refractivity contribution >= 4 is 11.9 Å². The first-order valence-corrected chi connectivity index (χ1v) is 5.34. The summed E-state index contributed by atoms with van der Waals surface area (Å²) >= 11 is 0. The molecule has 0 bridgehead atoms. The Morgan fingerprint density at radius 2 is 2.31 bits per heavy atom. The van der Waals surface area contributed by atoms with Gasteiger partial charge in [-0.15, -0.1) is 0 Å². The molecular weight excluding hydrogens is 214 g/mol. The third kappa shape index (κ3) is 3.46. The van der Waals surface area contributed by atoms with Crippen molar-refractivity contribution in [2.45, 2.75) is 19.4 Å². The molecule has 6 nitrogen and oxygen atoms in total. The van der Waals surface area contributed by atoms with E-state index in [9.17, 15) is 9.59 Å². The molecule has 1 atom stereocenters. The fourth-order valence-corrected chi connectivity index (χ4v) is 1.49. The van der Waals surface area contributed by atoms with Crippen molar-refractivity contribution in [3.63, 3.8) is 0 Å². The first kappa shape index (κ1) is 12.9. The monoisotopic (exact) mass is 231 g/mol. The molecule has 1 amide bonds. The molecular formula is C10H17NO5. The molecule has 16 heavy (non-hydrogen) atoms. The van der Waals surface area contributed by atoms with E-state index in [1.807, 2.05) is 6.92 Å². The summed E-state index contributed by atoms with van der Waals surface area (Å²) in [7, 11) is 0. The number of carboxylic acids is 1. The highest BCUT2D eigenvalue weighted by atomic mass is 16.5. The second kappa shape index (κ2) is 6.44. The van der Waals surface area contributed by atoms with Gasteiger partial charge >= 0.3 is 5.97 Å². The first-order chi connectivity index (χ1) is 7.66. The second-order valence-corrected chi connectivity index (χ2v) is 3.57. The highest BCUT2D eigenvalue weighted by molar-refractivity contribution is 5.84. The fourth-order valence-electron chi connectivity index (χ4n) is 1.49. The van der Waals surface area contributed by atoms with E-state index in [0.29, 0.717) is 19.8 Å². The Bertz CT molecular complexity index is 256. The molecule has 1 aliphatic rings. The molecule has 0 aromatic heterocycles. The maximum absolute atomic E-state index is 11.7. The van der Waals surface area contributed by atoms with Crippen LogP contribution in [0.3, 0.4) is 0 Å². The molecule has 6 heteroatoms. The molecule has 0 aromatic rings. The molecule has 1 fully saturated rings. The highest BCUT2D eigenvalue weighted by Crippen LogP contribution is 2.07. The van der Waals surface area contributed by atoms with E-state index in [1.54, 1.807) is 0 Å². The van der Waals surface area contributed by atoms with E-state index < -0.39 is 12.0 Å². The number of morpholine rings is 1. The van der Waals surface area contributed by atoms with Gasteiger partial charge in [-0.25, -0.2) is 4.79 Å². The predicted octanol–water partition coefficient (Wildman–Crippen LogP) is -0.275. The number of nitrogens with zero attached hydrogens (tertiary/aromatic N) is 1. The SMILES string of the molecule is CCCOCC(=O)N1CCOCC1C(=O)O. The molecule has 1 saturated heterocycles. The Labute approximate surface area is 94.1 Å². The van der Waals surface area contributed by atoms with Gasteiger partial charge in [0.2, 0.25) is 5.91 Å². The van der Waals surface area contributed by atoms with Crippen LogP contribution in [0.1, 0.15) is 13.3 Å². The number of hydrogen-bond donors (Lipinski definition) is 1. The number of carbonyl (C=O) groups excluding carboxylic acids is 1. The Hall–Kier alpha value is -1.14. The van der Waals surface area contributed by atoms with Gasteiger partial charge < -0.3 is 19.5 Å². The third-order valence-corrected chi connectivity index (χ3v) is 2.31. The van der Waals surface area contributed by atoms with Crippen LogP contribution in [-0.2, 0) is 19.1 Å². The van der Waals surface area contributed by atoms with Crippen molar-refractivity contribution in [3.05, 3.63) is 0 Å². The van der Waals surface area contributed by atoms with Gasteiger partial charge in [0.15, 0.2) is 6.04 Å². The summed E-state index contributed by atoms with van der Waals surface area (Å²) in [6.07, 6.45) is 0.832. The lowest BCUT2D eigenvalue weighted by molar-refractivity contribution is -0.160. The third-order valence-electron chi connectivity index (χ3n) is 2.31. The van der Waals surface area contributed by atoms with E-state index >= 15 is 0 Å². The second-order valence-electron chi connectivity index (χ2n) is 3.57. The zero-order chi connectivity index (χ0) is 12.0. The minimum absolute atomic E-state index is 0.0504.